The van der Waals surface area contributed by atoms with Crippen LogP contribution < -0.4 is 5.32 Å². The first-order valence-electron chi connectivity index (χ1n) is 7.11. The third kappa shape index (κ3) is 4.29. The topological polar surface area (TPSA) is 102 Å². The van der Waals surface area contributed by atoms with Crippen LogP contribution in [0.4, 0.5) is 14.6 Å². The molecule has 8 heteroatoms. The van der Waals surface area contributed by atoms with Gasteiger partial charge in [-0.05, 0) is 24.3 Å². The molecule has 126 valence electrons. The van der Waals surface area contributed by atoms with Crippen LogP contribution in [0.5, 0.6) is 0 Å². The second-order valence-corrected chi connectivity index (χ2v) is 4.92. The molecular weight excluding hydrogens is 328 g/mol. The van der Waals surface area contributed by atoms with E-state index in [-0.39, 0.29) is 18.0 Å². The molecule has 0 bridgehead atoms. The fourth-order valence-corrected chi connectivity index (χ4v) is 2.05. The van der Waals surface area contributed by atoms with E-state index in [1.54, 1.807) is 12.1 Å². The summed E-state index contributed by atoms with van der Waals surface area (Å²) in [6.45, 7) is 0. The molecule has 0 aliphatic heterocycles. The maximum atomic E-state index is 13.6. The highest BCUT2D eigenvalue weighted by Gasteiger charge is 2.17. The van der Waals surface area contributed by atoms with E-state index in [1.807, 2.05) is 0 Å². The van der Waals surface area contributed by atoms with Gasteiger partial charge in [0, 0.05) is 30.9 Å². The lowest BCUT2D eigenvalue weighted by molar-refractivity contribution is 0.101. The number of amides is 1. The van der Waals surface area contributed by atoms with Gasteiger partial charge in [-0.3, -0.25) is 15.2 Å². The monoisotopic (exact) mass is 341 g/mol. The number of nitrogens with one attached hydrogen (secondary N) is 2. The van der Waals surface area contributed by atoms with Crippen LogP contribution in [0.1, 0.15) is 22.3 Å². The molecule has 0 aliphatic rings. The molecule has 1 aromatic carbocycles. The van der Waals surface area contributed by atoms with Crippen molar-refractivity contribution in [1.29, 1.82) is 10.7 Å². The highest BCUT2D eigenvalue weighted by atomic mass is 19.1. The number of pyridine rings is 1. The SMILES string of the molecule is CN=C(CC(=N)C#N)c1ccc(NC(=O)c2c(F)cccc2F)nc1. The summed E-state index contributed by atoms with van der Waals surface area (Å²) in [7, 11) is 1.52. The summed E-state index contributed by atoms with van der Waals surface area (Å²) in [4.78, 5) is 20.0. The Bertz CT molecular complexity index is 865. The number of aromatic nitrogens is 1. The number of anilines is 1. The summed E-state index contributed by atoms with van der Waals surface area (Å²) in [5, 5.41) is 18.4. The molecule has 0 aliphatic carbocycles. The molecule has 1 aromatic heterocycles. The van der Waals surface area contributed by atoms with Crippen molar-refractivity contribution in [2.75, 3.05) is 12.4 Å². The van der Waals surface area contributed by atoms with Gasteiger partial charge in [0.1, 0.15) is 34.8 Å². The number of carbonyl (C=O) groups excluding carboxylic acids is 1. The highest BCUT2D eigenvalue weighted by Crippen LogP contribution is 2.15. The zero-order chi connectivity index (χ0) is 18.4. The van der Waals surface area contributed by atoms with Gasteiger partial charge in [0.25, 0.3) is 5.91 Å². The minimum Gasteiger partial charge on any atom is -0.306 e. The van der Waals surface area contributed by atoms with Crippen LogP contribution in [-0.2, 0) is 0 Å². The molecule has 0 saturated heterocycles. The van der Waals surface area contributed by atoms with Gasteiger partial charge in [0.15, 0.2) is 0 Å². The van der Waals surface area contributed by atoms with Crippen LogP contribution in [0, 0.1) is 28.4 Å². The lowest BCUT2D eigenvalue weighted by atomic mass is 10.1. The van der Waals surface area contributed by atoms with Crippen molar-refractivity contribution in [3.8, 4) is 6.07 Å². The molecule has 2 N–H and O–H groups in total. The molecule has 2 aromatic rings. The van der Waals surface area contributed by atoms with Gasteiger partial charge >= 0.3 is 0 Å². The Morgan fingerprint density at radius 2 is 2.00 bits per heavy atom. The molecule has 0 saturated carbocycles. The summed E-state index contributed by atoms with van der Waals surface area (Å²) < 4.78 is 27.2. The van der Waals surface area contributed by atoms with E-state index in [1.165, 1.54) is 25.4 Å². The second kappa shape index (κ2) is 7.88. The predicted octanol–water partition coefficient (Wildman–Crippen LogP) is 2.96. The van der Waals surface area contributed by atoms with Gasteiger partial charge in [-0.2, -0.15) is 5.26 Å². The van der Waals surface area contributed by atoms with Gasteiger partial charge in [-0.1, -0.05) is 6.07 Å². The molecule has 0 radical (unpaired) electrons. The van der Waals surface area contributed by atoms with Crippen molar-refractivity contribution in [3.05, 3.63) is 59.3 Å². The normalized spacial score (nSPS) is 10.9. The zero-order valence-corrected chi connectivity index (χ0v) is 13.2. The Morgan fingerprint density at radius 3 is 2.52 bits per heavy atom. The Balaban J connectivity index is 2.17. The minimum absolute atomic E-state index is 0.0564. The van der Waals surface area contributed by atoms with Crippen LogP contribution in [0.2, 0.25) is 0 Å². The standard InChI is InChI=1S/C17H13F2N5O/c1-22-14(7-11(21)8-20)10-5-6-15(23-9-10)24-17(25)16-12(18)3-2-4-13(16)19/h2-6,9,21H,7H2,1H3,(H,23,24,25). The maximum absolute atomic E-state index is 13.6. The van der Waals surface area contributed by atoms with Gasteiger partial charge < -0.3 is 5.32 Å². The van der Waals surface area contributed by atoms with Crippen molar-refractivity contribution in [3.63, 3.8) is 0 Å². The summed E-state index contributed by atoms with van der Waals surface area (Å²) in [5.41, 5.74) is 0.217. The molecule has 1 heterocycles. The molecule has 0 spiro atoms. The summed E-state index contributed by atoms with van der Waals surface area (Å²) in [6.07, 6.45) is 1.45. The van der Waals surface area contributed by atoms with E-state index >= 15 is 0 Å². The molecule has 6 nitrogen and oxygen atoms in total. The van der Waals surface area contributed by atoms with Gasteiger partial charge in [-0.15, -0.1) is 0 Å². The molecule has 0 unspecified atom stereocenters. The van der Waals surface area contributed by atoms with Crippen molar-refractivity contribution in [2.45, 2.75) is 6.42 Å². The summed E-state index contributed by atoms with van der Waals surface area (Å²) in [5.74, 6) is -2.79. The molecule has 25 heavy (non-hydrogen) atoms. The first-order chi connectivity index (χ1) is 12.0. The first-order valence-corrected chi connectivity index (χ1v) is 7.11. The third-order valence-corrected chi connectivity index (χ3v) is 3.28. The average molecular weight is 341 g/mol. The largest absolute Gasteiger partial charge is 0.306 e. The molecule has 1 amide bonds. The number of nitriles is 1. The summed E-state index contributed by atoms with van der Waals surface area (Å²) >= 11 is 0. The van der Waals surface area contributed by atoms with Crippen LogP contribution in [0.25, 0.3) is 0 Å². The quantitative estimate of drug-likeness (QED) is 0.817. The smallest absolute Gasteiger partial charge is 0.262 e. The minimum atomic E-state index is -0.968. The van der Waals surface area contributed by atoms with E-state index in [0.29, 0.717) is 11.3 Å². The lowest BCUT2D eigenvalue weighted by Crippen LogP contribution is -2.17. The number of aliphatic imine (C=N–C) groups is 1. The predicted molar refractivity (Wildman–Crippen MR) is 89.0 cm³/mol. The molecular formula is C17H13F2N5O. The van der Waals surface area contributed by atoms with E-state index in [2.05, 4.69) is 15.3 Å². The number of benzene rings is 1. The highest BCUT2D eigenvalue weighted by molar-refractivity contribution is 6.16. The van der Waals surface area contributed by atoms with E-state index in [9.17, 15) is 13.6 Å². The van der Waals surface area contributed by atoms with Crippen LogP contribution >= 0.6 is 0 Å². The van der Waals surface area contributed by atoms with Crippen LogP contribution in [0.15, 0.2) is 41.5 Å². The molecule has 2 rings (SSSR count). The zero-order valence-electron chi connectivity index (χ0n) is 13.2. The second-order valence-electron chi connectivity index (χ2n) is 4.92. The van der Waals surface area contributed by atoms with E-state index < -0.39 is 23.1 Å². The molecule has 0 atom stereocenters. The molecule has 0 fully saturated rings. The van der Waals surface area contributed by atoms with Gasteiger partial charge in [0.05, 0.1) is 0 Å². The Labute approximate surface area is 142 Å². The lowest BCUT2D eigenvalue weighted by Gasteiger charge is -2.08. The van der Waals surface area contributed by atoms with E-state index in [0.717, 1.165) is 12.1 Å². The Morgan fingerprint density at radius 1 is 1.32 bits per heavy atom. The first kappa shape index (κ1) is 17.9. The van der Waals surface area contributed by atoms with Crippen LogP contribution in [-0.4, -0.2) is 29.4 Å². The van der Waals surface area contributed by atoms with Crippen molar-refractivity contribution in [2.24, 2.45) is 4.99 Å². The van der Waals surface area contributed by atoms with Gasteiger partial charge in [-0.25, -0.2) is 13.8 Å². The average Bonchev–Trinajstić information content (AvgIpc) is 2.60. The van der Waals surface area contributed by atoms with Crippen molar-refractivity contribution >= 4 is 23.1 Å². The number of carbonyl (C=O) groups is 1. The fraction of sp³-hybridized carbons (Fsp3) is 0.118. The Hall–Kier alpha value is -3.47. The number of nitrogens with zero attached hydrogens (tertiary/aromatic N) is 3. The van der Waals surface area contributed by atoms with Crippen LogP contribution in [0.3, 0.4) is 0 Å². The third-order valence-electron chi connectivity index (χ3n) is 3.28. The van der Waals surface area contributed by atoms with Crippen molar-refractivity contribution < 1.29 is 13.6 Å². The number of halogens is 2. The number of rotatable bonds is 5. The van der Waals surface area contributed by atoms with Gasteiger partial charge in [0.2, 0.25) is 0 Å². The number of hydrogen-bond acceptors (Lipinski definition) is 5. The Kier molecular flexibility index (Phi) is 5.63. The number of hydrogen-bond donors (Lipinski definition) is 2. The fourth-order valence-electron chi connectivity index (χ4n) is 2.05. The van der Waals surface area contributed by atoms with Crippen molar-refractivity contribution in [1.82, 2.24) is 4.98 Å². The van der Waals surface area contributed by atoms with E-state index in [4.69, 9.17) is 10.7 Å². The summed E-state index contributed by atoms with van der Waals surface area (Å²) in [6, 6.07) is 7.88. The maximum Gasteiger partial charge on any atom is 0.262 e.